The molecule has 2 fully saturated rings. The van der Waals surface area contributed by atoms with Crippen LogP contribution < -0.4 is 0 Å². The van der Waals surface area contributed by atoms with Crippen LogP contribution in [-0.4, -0.2) is 61.2 Å². The number of nitriles is 1. The molecule has 1 aromatic rings. The molecule has 2 heterocycles. The van der Waals surface area contributed by atoms with Gasteiger partial charge in [-0.15, -0.1) is 0 Å². The van der Waals surface area contributed by atoms with Crippen molar-refractivity contribution in [3.05, 3.63) is 29.8 Å². The molecule has 1 atom stereocenters. The highest BCUT2D eigenvalue weighted by molar-refractivity contribution is 7.99. The van der Waals surface area contributed by atoms with Crippen molar-refractivity contribution in [3.8, 4) is 6.07 Å². The van der Waals surface area contributed by atoms with Gasteiger partial charge in [0.15, 0.2) is 0 Å². The van der Waals surface area contributed by atoms with E-state index in [9.17, 15) is 13.2 Å². The molecule has 6 nitrogen and oxygen atoms in total. The second-order valence-corrected chi connectivity index (χ2v) is 9.43. The summed E-state index contributed by atoms with van der Waals surface area (Å²) in [7, 11) is -3.68. The fourth-order valence-electron chi connectivity index (χ4n) is 3.15. The number of nitrogens with zero attached hydrogens (tertiary/aromatic N) is 3. The molecule has 0 radical (unpaired) electrons. The van der Waals surface area contributed by atoms with Crippen LogP contribution in [0.2, 0.25) is 0 Å². The Hall–Kier alpha value is -1.56. The van der Waals surface area contributed by atoms with Crippen molar-refractivity contribution in [1.82, 2.24) is 9.21 Å². The monoisotopic (exact) mass is 379 g/mol. The van der Waals surface area contributed by atoms with Crippen LogP contribution in [-0.2, 0) is 10.0 Å². The fraction of sp³-hybridized carbons (Fsp3) is 0.529. The highest BCUT2D eigenvalue weighted by Gasteiger charge is 2.31. The van der Waals surface area contributed by atoms with E-state index in [1.165, 1.54) is 16.4 Å². The van der Waals surface area contributed by atoms with E-state index in [0.29, 0.717) is 31.6 Å². The number of thioether (sulfide) groups is 1. The van der Waals surface area contributed by atoms with Crippen molar-refractivity contribution in [2.45, 2.75) is 17.7 Å². The average molecular weight is 380 g/mol. The molecule has 0 spiro atoms. The number of rotatable bonds is 3. The van der Waals surface area contributed by atoms with Crippen LogP contribution in [0.1, 0.15) is 23.2 Å². The van der Waals surface area contributed by atoms with Gasteiger partial charge >= 0.3 is 0 Å². The zero-order chi connectivity index (χ0) is 17.9. The van der Waals surface area contributed by atoms with Gasteiger partial charge < -0.3 is 4.90 Å². The third kappa shape index (κ3) is 4.00. The summed E-state index contributed by atoms with van der Waals surface area (Å²) in [5.41, 5.74) is 0.404. The van der Waals surface area contributed by atoms with Crippen molar-refractivity contribution >= 4 is 27.7 Å². The minimum atomic E-state index is -3.68. The summed E-state index contributed by atoms with van der Waals surface area (Å²) in [6.07, 6.45) is 1.41. The zero-order valence-electron chi connectivity index (χ0n) is 13.9. The minimum absolute atomic E-state index is 0.120. The molecule has 134 valence electrons. The highest BCUT2D eigenvalue weighted by atomic mass is 32.2. The number of piperidine rings is 1. The van der Waals surface area contributed by atoms with E-state index in [1.54, 1.807) is 17.0 Å². The molecule has 0 saturated carbocycles. The van der Waals surface area contributed by atoms with Gasteiger partial charge in [0, 0.05) is 43.2 Å². The molecule has 0 N–H and O–H groups in total. The molecule has 3 rings (SSSR count). The molecule has 1 amide bonds. The number of hydrogen-bond acceptors (Lipinski definition) is 5. The second kappa shape index (κ2) is 7.77. The van der Waals surface area contributed by atoms with Crippen LogP contribution >= 0.6 is 11.8 Å². The summed E-state index contributed by atoms with van der Waals surface area (Å²) >= 11 is 1.82. The molecule has 2 aliphatic heterocycles. The molecule has 0 aliphatic carbocycles. The average Bonchev–Trinajstić information content (AvgIpc) is 2.68. The molecule has 25 heavy (non-hydrogen) atoms. The van der Waals surface area contributed by atoms with E-state index in [-0.39, 0.29) is 23.3 Å². The predicted octanol–water partition coefficient (Wildman–Crippen LogP) is 1.80. The molecular weight excluding hydrogens is 358 g/mol. The topological polar surface area (TPSA) is 81.5 Å². The number of amides is 1. The van der Waals surface area contributed by atoms with E-state index in [2.05, 4.69) is 6.07 Å². The quantitative estimate of drug-likeness (QED) is 0.800. The lowest BCUT2D eigenvalue weighted by Gasteiger charge is -2.29. The van der Waals surface area contributed by atoms with Crippen molar-refractivity contribution in [2.24, 2.45) is 5.92 Å². The van der Waals surface area contributed by atoms with Gasteiger partial charge in [-0.25, -0.2) is 8.42 Å². The van der Waals surface area contributed by atoms with Crippen molar-refractivity contribution < 1.29 is 13.2 Å². The van der Waals surface area contributed by atoms with Gasteiger partial charge in [0.05, 0.1) is 16.9 Å². The smallest absolute Gasteiger partial charge is 0.253 e. The van der Waals surface area contributed by atoms with Crippen molar-refractivity contribution in [1.29, 1.82) is 5.26 Å². The predicted molar refractivity (Wildman–Crippen MR) is 96.8 cm³/mol. The Morgan fingerprint density at radius 3 is 2.72 bits per heavy atom. The molecule has 0 bridgehead atoms. The first-order valence-corrected chi connectivity index (χ1v) is 11.0. The van der Waals surface area contributed by atoms with Gasteiger partial charge in [0.25, 0.3) is 5.91 Å². The SMILES string of the molecule is N#C[C@H]1CCCN(S(=O)(=O)c2cccc(C(=O)N3CCSCC3)c2)C1. The van der Waals surface area contributed by atoms with Crippen LogP contribution in [0.25, 0.3) is 0 Å². The van der Waals surface area contributed by atoms with E-state index in [4.69, 9.17) is 5.26 Å². The molecule has 0 aromatic heterocycles. The Bertz CT molecular complexity index is 783. The lowest BCUT2D eigenvalue weighted by Crippen LogP contribution is -2.40. The van der Waals surface area contributed by atoms with E-state index in [1.807, 2.05) is 11.8 Å². The van der Waals surface area contributed by atoms with Gasteiger partial charge in [0.2, 0.25) is 10.0 Å². The lowest BCUT2D eigenvalue weighted by molar-refractivity contribution is 0.0772. The Labute approximate surface area is 152 Å². The van der Waals surface area contributed by atoms with Crippen LogP contribution in [0.4, 0.5) is 0 Å². The zero-order valence-corrected chi connectivity index (χ0v) is 15.6. The summed E-state index contributed by atoms with van der Waals surface area (Å²) in [4.78, 5) is 14.5. The van der Waals surface area contributed by atoms with Gasteiger partial charge in [-0.3, -0.25) is 4.79 Å². The van der Waals surface area contributed by atoms with Gasteiger partial charge in [0.1, 0.15) is 0 Å². The first-order valence-electron chi connectivity index (χ1n) is 8.39. The van der Waals surface area contributed by atoms with E-state index >= 15 is 0 Å². The van der Waals surface area contributed by atoms with Gasteiger partial charge in [-0.1, -0.05) is 6.07 Å². The maximum absolute atomic E-state index is 12.9. The Morgan fingerprint density at radius 1 is 1.24 bits per heavy atom. The van der Waals surface area contributed by atoms with Crippen LogP contribution in [0.3, 0.4) is 0 Å². The van der Waals surface area contributed by atoms with Crippen LogP contribution in [0.15, 0.2) is 29.2 Å². The second-order valence-electron chi connectivity index (χ2n) is 6.26. The minimum Gasteiger partial charge on any atom is -0.337 e. The number of sulfonamides is 1. The molecule has 8 heteroatoms. The first kappa shape index (κ1) is 18.2. The third-order valence-corrected chi connectivity index (χ3v) is 7.39. The number of carbonyl (C=O) groups excluding carboxylic acids is 1. The van der Waals surface area contributed by atoms with Gasteiger partial charge in [-0.2, -0.15) is 21.3 Å². The summed E-state index contributed by atoms with van der Waals surface area (Å²) in [6, 6.07) is 8.43. The maximum Gasteiger partial charge on any atom is 0.253 e. The summed E-state index contributed by atoms with van der Waals surface area (Å²) in [6.45, 7) is 2.02. The summed E-state index contributed by atoms with van der Waals surface area (Å²) in [5, 5.41) is 9.08. The van der Waals surface area contributed by atoms with Crippen molar-refractivity contribution in [2.75, 3.05) is 37.7 Å². The molecule has 1 aromatic carbocycles. The van der Waals surface area contributed by atoms with Crippen molar-refractivity contribution in [3.63, 3.8) is 0 Å². The van der Waals surface area contributed by atoms with E-state index in [0.717, 1.165) is 17.9 Å². The normalized spacial score (nSPS) is 22.4. The number of carbonyl (C=O) groups is 1. The van der Waals surface area contributed by atoms with Gasteiger partial charge in [-0.05, 0) is 31.0 Å². The molecule has 2 saturated heterocycles. The Balaban J connectivity index is 1.82. The summed E-state index contributed by atoms with van der Waals surface area (Å²) < 4.78 is 27.1. The van der Waals surface area contributed by atoms with Crippen LogP contribution in [0, 0.1) is 17.2 Å². The Morgan fingerprint density at radius 2 is 2.00 bits per heavy atom. The number of benzene rings is 1. The standard InChI is InChI=1S/C17H21N3O3S2/c18-12-14-3-2-6-20(13-14)25(22,23)16-5-1-4-15(11-16)17(21)19-7-9-24-10-8-19/h1,4-5,11,14H,2-3,6-10,13H2/t14-/m1/s1. The molecule has 2 aliphatic rings. The third-order valence-electron chi connectivity index (χ3n) is 4.58. The Kier molecular flexibility index (Phi) is 5.67. The first-order chi connectivity index (χ1) is 12.0. The van der Waals surface area contributed by atoms with Crippen LogP contribution in [0.5, 0.6) is 0 Å². The summed E-state index contributed by atoms with van der Waals surface area (Å²) in [5.74, 6) is 1.44. The number of hydrogen-bond donors (Lipinski definition) is 0. The largest absolute Gasteiger partial charge is 0.337 e. The highest BCUT2D eigenvalue weighted by Crippen LogP contribution is 2.24. The van der Waals surface area contributed by atoms with E-state index < -0.39 is 10.0 Å². The molecular formula is C17H21N3O3S2. The molecule has 0 unspecified atom stereocenters. The lowest BCUT2D eigenvalue weighted by atomic mass is 10.0. The fourth-order valence-corrected chi connectivity index (χ4v) is 5.63. The maximum atomic E-state index is 12.9.